The van der Waals surface area contributed by atoms with Gasteiger partial charge in [0.05, 0.1) is 24.9 Å². The van der Waals surface area contributed by atoms with Crippen LogP contribution in [-0.4, -0.2) is 53.4 Å². The molecule has 3 unspecified atom stereocenters. The van der Waals surface area contributed by atoms with E-state index in [1.54, 1.807) is 0 Å². The quantitative estimate of drug-likeness (QED) is 0.411. The molecule has 0 spiro atoms. The second-order valence-corrected chi connectivity index (χ2v) is 9.47. The van der Waals surface area contributed by atoms with Crippen LogP contribution in [0.4, 0.5) is 0 Å². The molecular formula is C24H46O4. The normalized spacial score (nSPS) is 23.8. The van der Waals surface area contributed by atoms with Crippen LogP contribution in [-0.2, 0) is 18.9 Å². The van der Waals surface area contributed by atoms with Crippen LogP contribution in [0.3, 0.4) is 0 Å². The Balaban J connectivity index is 2.40. The highest BCUT2D eigenvalue weighted by Gasteiger charge is 2.54. The van der Waals surface area contributed by atoms with Gasteiger partial charge in [-0.2, -0.15) is 0 Å². The molecule has 2 fully saturated rings. The van der Waals surface area contributed by atoms with Crippen molar-refractivity contribution in [2.75, 3.05) is 41.7 Å². The minimum Gasteiger partial charge on any atom is -0.384 e. The van der Waals surface area contributed by atoms with Crippen LogP contribution in [0.2, 0.25) is 0 Å². The average molecular weight is 399 g/mol. The molecule has 28 heavy (non-hydrogen) atoms. The van der Waals surface area contributed by atoms with Gasteiger partial charge in [-0.1, -0.05) is 39.5 Å². The van der Waals surface area contributed by atoms with E-state index in [-0.39, 0.29) is 17.1 Å². The molecule has 0 saturated heterocycles. The summed E-state index contributed by atoms with van der Waals surface area (Å²) >= 11 is 0. The lowest BCUT2D eigenvalue weighted by atomic mass is 9.60. The molecular weight excluding hydrogens is 352 g/mol. The Bertz CT molecular complexity index is 422. The van der Waals surface area contributed by atoms with Crippen molar-refractivity contribution < 1.29 is 18.9 Å². The second kappa shape index (κ2) is 11.3. The number of hydrogen-bond acceptors (Lipinski definition) is 4. The Morgan fingerprint density at radius 2 is 1.39 bits per heavy atom. The Morgan fingerprint density at radius 3 is 1.82 bits per heavy atom. The number of methoxy groups -OCH3 is 4. The van der Waals surface area contributed by atoms with Crippen molar-refractivity contribution in [3.8, 4) is 0 Å². The van der Waals surface area contributed by atoms with E-state index < -0.39 is 0 Å². The van der Waals surface area contributed by atoms with E-state index in [9.17, 15) is 0 Å². The summed E-state index contributed by atoms with van der Waals surface area (Å²) in [4.78, 5) is 0. The standard InChI is InChI=1S/C24H46O4/c1-7-23(17-25-3,18-26-4)19(2)24(28-6,21-14-10-11-15-21)16-22(27-5)20-12-8-9-13-20/h19-22H,7-18H2,1-6H3. The molecule has 0 aromatic carbocycles. The summed E-state index contributed by atoms with van der Waals surface area (Å²) in [5, 5.41) is 0. The van der Waals surface area contributed by atoms with Crippen LogP contribution in [0.25, 0.3) is 0 Å². The predicted octanol–water partition coefficient (Wildman–Crippen LogP) is 5.48. The summed E-state index contributed by atoms with van der Waals surface area (Å²) in [5.74, 6) is 1.59. The minimum atomic E-state index is -0.188. The van der Waals surface area contributed by atoms with Gasteiger partial charge < -0.3 is 18.9 Å². The molecule has 0 amide bonds. The highest BCUT2D eigenvalue weighted by atomic mass is 16.5. The van der Waals surface area contributed by atoms with Crippen molar-refractivity contribution in [1.29, 1.82) is 0 Å². The third kappa shape index (κ3) is 4.94. The fourth-order valence-electron chi connectivity index (χ4n) is 6.52. The number of ether oxygens (including phenoxy) is 4. The summed E-state index contributed by atoms with van der Waals surface area (Å²) in [6.07, 6.45) is 12.7. The van der Waals surface area contributed by atoms with Crippen molar-refractivity contribution in [1.82, 2.24) is 0 Å². The molecule has 0 heterocycles. The zero-order valence-electron chi connectivity index (χ0n) is 19.4. The first kappa shape index (κ1) is 24.1. The van der Waals surface area contributed by atoms with E-state index in [4.69, 9.17) is 18.9 Å². The maximum Gasteiger partial charge on any atom is 0.0763 e. The highest BCUT2D eigenvalue weighted by molar-refractivity contribution is 5.03. The summed E-state index contributed by atoms with van der Waals surface area (Å²) in [5.41, 5.74) is -0.233. The Morgan fingerprint density at radius 1 is 0.857 bits per heavy atom. The van der Waals surface area contributed by atoms with Crippen LogP contribution < -0.4 is 0 Å². The summed E-state index contributed by atoms with van der Waals surface area (Å²) in [6.45, 7) is 6.08. The van der Waals surface area contributed by atoms with Crippen LogP contribution in [0.1, 0.15) is 78.1 Å². The largest absolute Gasteiger partial charge is 0.384 e. The first-order valence-corrected chi connectivity index (χ1v) is 11.6. The van der Waals surface area contributed by atoms with Crippen molar-refractivity contribution in [3.05, 3.63) is 0 Å². The molecule has 0 N–H and O–H groups in total. The monoisotopic (exact) mass is 398 g/mol. The molecule has 4 nitrogen and oxygen atoms in total. The zero-order valence-corrected chi connectivity index (χ0v) is 19.4. The van der Waals surface area contributed by atoms with Gasteiger partial charge in [0.25, 0.3) is 0 Å². The van der Waals surface area contributed by atoms with E-state index in [0.717, 1.165) is 12.8 Å². The molecule has 3 atom stereocenters. The first-order chi connectivity index (χ1) is 13.5. The molecule has 2 rings (SSSR count). The van der Waals surface area contributed by atoms with Gasteiger partial charge in [-0.05, 0) is 49.9 Å². The third-order valence-corrected chi connectivity index (χ3v) is 8.39. The molecule has 0 aromatic heterocycles. The number of rotatable bonds is 13. The fraction of sp³-hybridized carbons (Fsp3) is 1.00. The van der Waals surface area contributed by atoms with E-state index in [1.165, 1.54) is 51.4 Å². The SMILES string of the molecule is CCC(COC)(COC)C(C)C(CC(OC)C1CCCC1)(OC)C1CCCC1. The maximum atomic E-state index is 6.58. The van der Waals surface area contributed by atoms with Crippen molar-refractivity contribution >= 4 is 0 Å². The summed E-state index contributed by atoms with van der Waals surface area (Å²) in [7, 11) is 7.47. The van der Waals surface area contributed by atoms with Gasteiger partial charge in [0.2, 0.25) is 0 Å². The molecule has 0 bridgehead atoms. The van der Waals surface area contributed by atoms with Gasteiger partial charge >= 0.3 is 0 Å². The lowest BCUT2D eigenvalue weighted by molar-refractivity contribution is -0.181. The van der Waals surface area contributed by atoms with Gasteiger partial charge in [-0.25, -0.2) is 0 Å². The average Bonchev–Trinajstić information content (AvgIpc) is 3.43. The number of hydrogen-bond donors (Lipinski definition) is 0. The highest BCUT2D eigenvalue weighted by Crippen LogP contribution is 2.52. The Hall–Kier alpha value is -0.160. The third-order valence-electron chi connectivity index (χ3n) is 8.39. The van der Waals surface area contributed by atoms with Gasteiger partial charge in [-0.3, -0.25) is 0 Å². The second-order valence-electron chi connectivity index (χ2n) is 9.47. The van der Waals surface area contributed by atoms with E-state index in [1.807, 2.05) is 28.4 Å². The molecule has 2 aliphatic carbocycles. The lowest BCUT2D eigenvalue weighted by Gasteiger charge is -2.52. The molecule has 2 aliphatic rings. The van der Waals surface area contributed by atoms with Gasteiger partial charge in [0, 0.05) is 40.3 Å². The summed E-state index contributed by atoms with van der Waals surface area (Å²) in [6, 6.07) is 0. The molecule has 4 heteroatoms. The summed E-state index contributed by atoms with van der Waals surface area (Å²) < 4.78 is 24.2. The topological polar surface area (TPSA) is 36.9 Å². The molecule has 0 aromatic rings. The molecule has 0 radical (unpaired) electrons. The fourth-order valence-corrected chi connectivity index (χ4v) is 6.52. The van der Waals surface area contributed by atoms with Crippen LogP contribution >= 0.6 is 0 Å². The van der Waals surface area contributed by atoms with E-state index in [2.05, 4.69) is 13.8 Å². The van der Waals surface area contributed by atoms with Gasteiger partial charge in [0.1, 0.15) is 0 Å². The van der Waals surface area contributed by atoms with Crippen molar-refractivity contribution in [2.45, 2.75) is 89.8 Å². The van der Waals surface area contributed by atoms with Crippen LogP contribution in [0.5, 0.6) is 0 Å². The first-order valence-electron chi connectivity index (χ1n) is 11.6. The van der Waals surface area contributed by atoms with E-state index in [0.29, 0.717) is 31.0 Å². The zero-order chi connectivity index (χ0) is 20.6. The Labute approximate surface area is 174 Å². The molecule has 166 valence electrons. The maximum absolute atomic E-state index is 6.58. The van der Waals surface area contributed by atoms with Crippen molar-refractivity contribution in [3.63, 3.8) is 0 Å². The van der Waals surface area contributed by atoms with Gasteiger partial charge in [0.15, 0.2) is 0 Å². The Kier molecular flexibility index (Phi) is 9.72. The lowest BCUT2D eigenvalue weighted by Crippen LogP contribution is -2.56. The smallest absolute Gasteiger partial charge is 0.0763 e. The van der Waals surface area contributed by atoms with E-state index >= 15 is 0 Å². The van der Waals surface area contributed by atoms with Crippen LogP contribution in [0.15, 0.2) is 0 Å². The van der Waals surface area contributed by atoms with Crippen LogP contribution in [0, 0.1) is 23.2 Å². The van der Waals surface area contributed by atoms with Gasteiger partial charge in [-0.15, -0.1) is 0 Å². The predicted molar refractivity (Wildman–Crippen MR) is 115 cm³/mol. The molecule has 0 aliphatic heterocycles. The minimum absolute atomic E-state index is 0.0456. The molecule has 2 saturated carbocycles. The van der Waals surface area contributed by atoms with Crippen molar-refractivity contribution in [2.24, 2.45) is 23.2 Å².